The van der Waals surface area contributed by atoms with Gasteiger partial charge < -0.3 is 31.5 Å². The number of hydrogen-bond donors (Lipinski definition) is 5. The van der Waals surface area contributed by atoms with E-state index in [0.717, 1.165) is 99.6 Å². The van der Waals surface area contributed by atoms with E-state index in [2.05, 4.69) is 74.1 Å². The highest BCUT2D eigenvalue weighted by molar-refractivity contribution is 6.03. The highest BCUT2D eigenvalue weighted by Gasteiger charge is 2.15. The second-order valence-corrected chi connectivity index (χ2v) is 9.80. The van der Waals surface area contributed by atoms with Crippen LogP contribution in [0.2, 0.25) is 0 Å². The molecule has 3 aromatic carbocycles. The number of nitrogens with one attached hydrogen (secondary N) is 3. The summed E-state index contributed by atoms with van der Waals surface area (Å²) in [6.07, 6.45) is 1.95. The van der Waals surface area contributed by atoms with Crippen molar-refractivity contribution >= 4 is 39.2 Å². The number of aromatic amines is 1. The molecule has 6 rings (SSSR count). The number of H-pyrrole nitrogens is 1. The zero-order valence-corrected chi connectivity index (χ0v) is 22.1. The van der Waals surface area contributed by atoms with Crippen LogP contribution in [-0.4, -0.2) is 49.9 Å². The molecule has 0 saturated heterocycles. The summed E-state index contributed by atoms with van der Waals surface area (Å²) in [5.74, 6) is 2.24. The lowest BCUT2D eigenvalue weighted by molar-refractivity contribution is 0.631. The average Bonchev–Trinajstić information content (AvgIpc) is 3.61. The van der Waals surface area contributed by atoms with Gasteiger partial charge in [-0.2, -0.15) is 0 Å². The van der Waals surface area contributed by atoms with E-state index in [9.17, 15) is 0 Å². The number of aromatic nitrogens is 1. The molecule has 0 unspecified atom stereocenters. The van der Waals surface area contributed by atoms with Gasteiger partial charge in [-0.3, -0.25) is 9.98 Å². The van der Waals surface area contributed by atoms with Gasteiger partial charge in [0.2, 0.25) is 0 Å². The molecule has 2 aromatic heterocycles. The summed E-state index contributed by atoms with van der Waals surface area (Å²) in [6.45, 7) is 3.23. The second kappa shape index (κ2) is 10.7. The number of amidine groups is 2. The van der Waals surface area contributed by atoms with Gasteiger partial charge in [0.05, 0.1) is 0 Å². The van der Waals surface area contributed by atoms with Crippen molar-refractivity contribution in [1.29, 1.82) is 0 Å². The summed E-state index contributed by atoms with van der Waals surface area (Å²) >= 11 is 0. The van der Waals surface area contributed by atoms with E-state index >= 15 is 0 Å². The highest BCUT2D eigenvalue weighted by atomic mass is 16.3. The zero-order chi connectivity index (χ0) is 26.8. The van der Waals surface area contributed by atoms with Crippen LogP contribution in [0.1, 0.15) is 24.0 Å². The van der Waals surface area contributed by atoms with Gasteiger partial charge in [0, 0.05) is 76.6 Å². The van der Waals surface area contributed by atoms with Crippen LogP contribution in [0.4, 0.5) is 5.69 Å². The molecule has 0 saturated carbocycles. The van der Waals surface area contributed by atoms with E-state index in [4.69, 9.17) is 15.9 Å². The lowest BCUT2D eigenvalue weighted by atomic mass is 10.0. The minimum Gasteiger partial charge on any atom is -0.456 e. The fraction of sp³-hybridized carbons (Fsp3) is 0.226. The van der Waals surface area contributed by atoms with Crippen LogP contribution < -0.4 is 22.1 Å². The largest absolute Gasteiger partial charge is 0.456 e. The molecule has 8 heteroatoms. The van der Waals surface area contributed by atoms with Gasteiger partial charge in [-0.05, 0) is 55.8 Å². The third-order valence-corrected chi connectivity index (χ3v) is 7.14. The van der Waals surface area contributed by atoms with Crippen molar-refractivity contribution in [2.75, 3.05) is 38.5 Å². The minimum absolute atomic E-state index is 0.483. The van der Waals surface area contributed by atoms with E-state index in [-0.39, 0.29) is 0 Å². The smallest absolute Gasteiger partial charge is 0.137 e. The van der Waals surface area contributed by atoms with Crippen molar-refractivity contribution in [1.82, 2.24) is 10.3 Å². The van der Waals surface area contributed by atoms with Gasteiger partial charge in [-0.25, -0.2) is 0 Å². The third kappa shape index (κ3) is 4.98. The number of anilines is 1. The molecule has 39 heavy (non-hydrogen) atoms. The Bertz CT molecular complexity index is 1710. The molecule has 0 spiro atoms. The van der Waals surface area contributed by atoms with Gasteiger partial charge in [0.1, 0.15) is 23.0 Å². The van der Waals surface area contributed by atoms with Crippen molar-refractivity contribution in [3.05, 3.63) is 77.9 Å². The molecule has 0 bridgehead atoms. The quantitative estimate of drug-likeness (QED) is 0.111. The van der Waals surface area contributed by atoms with Gasteiger partial charge in [-0.1, -0.05) is 30.3 Å². The van der Waals surface area contributed by atoms with Gasteiger partial charge in [0.15, 0.2) is 0 Å². The van der Waals surface area contributed by atoms with Crippen molar-refractivity contribution in [2.24, 2.45) is 21.5 Å². The van der Waals surface area contributed by atoms with Crippen LogP contribution in [-0.2, 0) is 0 Å². The molecule has 0 amide bonds. The number of rotatable bonds is 8. The highest BCUT2D eigenvalue weighted by Crippen LogP contribution is 2.36. The Morgan fingerprint density at radius 2 is 1.90 bits per heavy atom. The predicted molar refractivity (Wildman–Crippen MR) is 162 cm³/mol. The van der Waals surface area contributed by atoms with Crippen LogP contribution >= 0.6 is 0 Å². The topological polar surface area (TPSA) is 130 Å². The number of nitrogens with zero attached hydrogens (tertiary/aromatic N) is 2. The molecule has 1 aliphatic heterocycles. The Morgan fingerprint density at radius 1 is 1.03 bits per heavy atom. The molecule has 0 aliphatic carbocycles. The van der Waals surface area contributed by atoms with Crippen molar-refractivity contribution in [3.63, 3.8) is 0 Å². The Hall–Kier alpha value is -4.56. The Balaban J connectivity index is 1.37. The molecule has 8 nitrogen and oxygen atoms in total. The van der Waals surface area contributed by atoms with Crippen LogP contribution in [0.15, 0.2) is 81.1 Å². The summed E-state index contributed by atoms with van der Waals surface area (Å²) in [7, 11) is 1.68. The molecule has 1 aliphatic rings. The Labute approximate surface area is 227 Å². The second-order valence-electron chi connectivity index (χ2n) is 9.80. The molecular formula is C31H33N7O. The first-order valence-electron chi connectivity index (χ1n) is 13.4. The Kier molecular flexibility index (Phi) is 6.77. The first-order chi connectivity index (χ1) is 19.1. The lowest BCUT2D eigenvalue weighted by Gasteiger charge is -2.14. The predicted octanol–water partition coefficient (Wildman–Crippen LogP) is 5.08. The number of hydrogen-bond acceptors (Lipinski definition) is 6. The molecule has 0 fully saturated rings. The maximum Gasteiger partial charge on any atom is 0.137 e. The SMILES string of the molecule is CN=C(N)c1ccc2cc(-c3ccc(-c4cc5ccc(C6=NCCCN6)cc5[nH]4)cc3NCCCN)oc2c1. The van der Waals surface area contributed by atoms with E-state index in [0.29, 0.717) is 12.4 Å². The van der Waals surface area contributed by atoms with Gasteiger partial charge in [0.25, 0.3) is 0 Å². The molecule has 198 valence electrons. The number of aliphatic imine (C=N–C) groups is 2. The number of fused-ring (bicyclic) bond motifs is 2. The molecule has 3 heterocycles. The fourth-order valence-electron chi connectivity index (χ4n) is 5.01. The summed E-state index contributed by atoms with van der Waals surface area (Å²) in [5.41, 5.74) is 19.7. The van der Waals surface area contributed by atoms with Gasteiger partial charge >= 0.3 is 0 Å². The summed E-state index contributed by atoms with van der Waals surface area (Å²) < 4.78 is 6.30. The maximum absolute atomic E-state index is 6.30. The normalized spacial score (nSPS) is 14.0. The van der Waals surface area contributed by atoms with E-state index in [1.165, 1.54) is 0 Å². The Morgan fingerprint density at radius 3 is 2.72 bits per heavy atom. The third-order valence-electron chi connectivity index (χ3n) is 7.14. The van der Waals surface area contributed by atoms with Crippen molar-refractivity contribution in [3.8, 4) is 22.6 Å². The first-order valence-corrected chi connectivity index (χ1v) is 13.4. The van der Waals surface area contributed by atoms with Gasteiger partial charge in [-0.15, -0.1) is 0 Å². The lowest BCUT2D eigenvalue weighted by Crippen LogP contribution is -2.30. The van der Waals surface area contributed by atoms with Crippen molar-refractivity contribution in [2.45, 2.75) is 12.8 Å². The van der Waals surface area contributed by atoms with E-state index in [1.807, 2.05) is 18.2 Å². The summed E-state index contributed by atoms with van der Waals surface area (Å²) in [4.78, 5) is 12.3. The summed E-state index contributed by atoms with van der Waals surface area (Å²) in [6, 6.07) is 23.0. The van der Waals surface area contributed by atoms with Crippen LogP contribution in [0.3, 0.4) is 0 Å². The standard InChI is InChI=1S/C31H33N7O/c1-34-30(33)22-6-5-21-17-29(39-28(21)18-22)24-9-8-20(15-27(24)35-11-2-10-32)25-14-19-4-7-23(16-26(19)38-25)31-36-12-3-13-37-31/h4-9,14-18,35,38H,2-3,10-13,32H2,1H3,(H2,33,34)(H,36,37). The van der Waals surface area contributed by atoms with Crippen LogP contribution in [0.25, 0.3) is 44.5 Å². The molecule has 0 atom stereocenters. The van der Waals surface area contributed by atoms with E-state index in [1.54, 1.807) is 7.05 Å². The fourth-order valence-corrected chi connectivity index (χ4v) is 5.01. The van der Waals surface area contributed by atoms with E-state index < -0.39 is 0 Å². The number of nitrogens with two attached hydrogens (primary N) is 2. The zero-order valence-electron chi connectivity index (χ0n) is 22.1. The average molecular weight is 520 g/mol. The van der Waals surface area contributed by atoms with Crippen LogP contribution in [0.5, 0.6) is 0 Å². The monoisotopic (exact) mass is 519 g/mol. The minimum atomic E-state index is 0.483. The number of benzene rings is 3. The van der Waals surface area contributed by atoms with Crippen LogP contribution in [0, 0.1) is 0 Å². The number of furan rings is 1. The molecular weight excluding hydrogens is 486 g/mol. The molecule has 5 aromatic rings. The maximum atomic E-state index is 6.30. The van der Waals surface area contributed by atoms with Crippen molar-refractivity contribution < 1.29 is 4.42 Å². The molecule has 7 N–H and O–H groups in total. The first kappa shape index (κ1) is 24.8. The summed E-state index contributed by atoms with van der Waals surface area (Å²) in [5, 5.41) is 9.16. The molecule has 0 radical (unpaired) electrons.